The maximum atomic E-state index is 13.2. The van der Waals surface area contributed by atoms with Gasteiger partial charge in [0.05, 0.1) is 7.85 Å². The molecule has 0 heterocycles. The summed E-state index contributed by atoms with van der Waals surface area (Å²) in [5, 5.41) is 12.9. The molecule has 1 aromatic rings. The number of halogens is 2. The van der Waals surface area contributed by atoms with Gasteiger partial charge in [0.15, 0.2) is 11.6 Å². The molecule has 0 spiro atoms. The Kier molecular flexibility index (Phi) is 7.59. The van der Waals surface area contributed by atoms with Gasteiger partial charge in [-0.25, -0.2) is 8.78 Å². The summed E-state index contributed by atoms with van der Waals surface area (Å²) in [5.41, 5.74) is 5.77. The molecule has 2 radical (unpaired) electrons. The number of aliphatic carboxylic acids is 1. The van der Waals surface area contributed by atoms with Gasteiger partial charge in [0.2, 0.25) is 0 Å². The van der Waals surface area contributed by atoms with Crippen molar-refractivity contribution < 1.29 is 18.7 Å². The highest BCUT2D eigenvalue weighted by Gasteiger charge is 2.47. The minimum Gasteiger partial charge on any atom is -0.480 e. The predicted molar refractivity (Wildman–Crippen MR) is 98.2 cm³/mol. The molecule has 1 aliphatic rings. The van der Waals surface area contributed by atoms with Crippen LogP contribution in [0.4, 0.5) is 8.78 Å². The van der Waals surface area contributed by atoms with Gasteiger partial charge in [-0.15, -0.1) is 0 Å². The van der Waals surface area contributed by atoms with E-state index in [1.807, 2.05) is 0 Å². The second-order valence-corrected chi connectivity index (χ2v) is 7.26. The van der Waals surface area contributed by atoms with Gasteiger partial charge in [-0.1, -0.05) is 25.2 Å². The average Bonchev–Trinajstić information content (AvgIpc) is 2.56. The summed E-state index contributed by atoms with van der Waals surface area (Å²) in [5.74, 6) is -2.61. The van der Waals surface area contributed by atoms with Crippen LogP contribution < -0.4 is 11.1 Å². The molecule has 4 nitrogen and oxygen atoms in total. The van der Waals surface area contributed by atoms with Crippen LogP contribution in [0.25, 0.3) is 0 Å². The largest absolute Gasteiger partial charge is 0.480 e. The van der Waals surface area contributed by atoms with E-state index in [1.165, 1.54) is 6.07 Å². The number of nitrogens with one attached hydrogen (secondary N) is 1. The number of rotatable bonds is 11. The zero-order chi connectivity index (χ0) is 19.2. The Hall–Kier alpha value is -1.47. The topological polar surface area (TPSA) is 75.4 Å². The number of carbonyl (C=O) groups is 1. The minimum atomic E-state index is -1.17. The van der Waals surface area contributed by atoms with Gasteiger partial charge in [0.1, 0.15) is 5.54 Å². The van der Waals surface area contributed by atoms with Crippen molar-refractivity contribution in [3.63, 3.8) is 0 Å². The molecule has 0 aromatic heterocycles. The molecule has 1 saturated carbocycles. The smallest absolute Gasteiger partial charge is 0.323 e. The van der Waals surface area contributed by atoms with Gasteiger partial charge < -0.3 is 16.2 Å². The van der Waals surface area contributed by atoms with Crippen LogP contribution in [0.3, 0.4) is 0 Å². The summed E-state index contributed by atoms with van der Waals surface area (Å²) in [6.07, 6.45) is 5.46. The number of aryl methyl sites for hydroxylation is 1. The third-order valence-electron chi connectivity index (χ3n) is 5.37. The summed E-state index contributed by atoms with van der Waals surface area (Å²) in [6.45, 7) is 0.744. The van der Waals surface area contributed by atoms with E-state index in [-0.39, 0.29) is 12.0 Å². The van der Waals surface area contributed by atoms with Crippen LogP contribution in [0.5, 0.6) is 0 Å². The van der Waals surface area contributed by atoms with Crippen molar-refractivity contribution in [3.05, 3.63) is 35.4 Å². The number of nitrogens with two attached hydrogens (primary N) is 1. The summed E-state index contributed by atoms with van der Waals surface area (Å²) in [6, 6.07) is 4.23. The molecule has 1 aliphatic carbocycles. The number of carboxylic acids is 1. The molecule has 0 bridgehead atoms. The Labute approximate surface area is 154 Å². The van der Waals surface area contributed by atoms with Crippen LogP contribution in [-0.2, 0) is 11.2 Å². The Morgan fingerprint density at radius 2 is 2.00 bits per heavy atom. The van der Waals surface area contributed by atoms with Crippen LogP contribution in [0.1, 0.15) is 44.1 Å². The number of hydrogen-bond acceptors (Lipinski definition) is 3. The van der Waals surface area contributed by atoms with E-state index in [4.69, 9.17) is 13.6 Å². The quantitative estimate of drug-likeness (QED) is 0.417. The van der Waals surface area contributed by atoms with Crippen LogP contribution >= 0.6 is 0 Å². The Bertz CT molecular complexity index is 611. The van der Waals surface area contributed by atoms with Gasteiger partial charge in [0.25, 0.3) is 0 Å². The summed E-state index contributed by atoms with van der Waals surface area (Å²) in [4.78, 5) is 11.6. The highest BCUT2D eigenvalue weighted by molar-refractivity contribution is 6.08. The molecule has 1 atom stereocenters. The summed E-state index contributed by atoms with van der Waals surface area (Å²) >= 11 is 0. The van der Waals surface area contributed by atoms with E-state index >= 15 is 0 Å². The maximum Gasteiger partial charge on any atom is 0.323 e. The molecule has 2 rings (SSSR count). The molecule has 142 valence electrons. The molecule has 4 N–H and O–H groups in total. The normalized spacial score (nSPS) is 21.8. The number of benzene rings is 1. The van der Waals surface area contributed by atoms with E-state index in [0.717, 1.165) is 50.3 Å². The monoisotopic (exact) mass is 364 g/mol. The standard InChI is InChI=1S/C19H27BF2N2O2/c20-8-2-1-7-19(23,18(25)26)14-11-15(12-14)24-9-3-4-13-5-6-16(21)17(22)10-13/h5-6,10,14-15,24H,1-4,7-9,11-12,23H2,(H,25,26). The zero-order valence-electron chi connectivity index (χ0n) is 15.0. The van der Waals surface area contributed by atoms with E-state index in [9.17, 15) is 18.7 Å². The first-order valence-corrected chi connectivity index (χ1v) is 9.26. The Morgan fingerprint density at radius 1 is 1.27 bits per heavy atom. The van der Waals surface area contributed by atoms with Crippen molar-refractivity contribution in [2.75, 3.05) is 6.54 Å². The van der Waals surface area contributed by atoms with Crippen molar-refractivity contribution in [3.8, 4) is 0 Å². The van der Waals surface area contributed by atoms with E-state index in [2.05, 4.69) is 5.32 Å². The van der Waals surface area contributed by atoms with Crippen molar-refractivity contribution in [1.82, 2.24) is 5.32 Å². The summed E-state index contributed by atoms with van der Waals surface area (Å²) in [7, 11) is 5.47. The lowest BCUT2D eigenvalue weighted by molar-refractivity contribution is -0.148. The molecular formula is C19H27BF2N2O2. The fourth-order valence-corrected chi connectivity index (χ4v) is 3.55. The van der Waals surface area contributed by atoms with E-state index in [0.29, 0.717) is 19.2 Å². The summed E-state index contributed by atoms with van der Waals surface area (Å²) < 4.78 is 26.0. The van der Waals surface area contributed by atoms with Gasteiger partial charge in [-0.05, 0) is 62.3 Å². The second kappa shape index (κ2) is 9.46. The number of carboxylic acid groups (broad SMARTS) is 1. The number of hydrogen-bond donors (Lipinski definition) is 3. The predicted octanol–water partition coefficient (Wildman–Crippen LogP) is 2.80. The third kappa shape index (κ3) is 5.27. The fraction of sp³-hybridized carbons (Fsp3) is 0.632. The van der Waals surface area contributed by atoms with Crippen LogP contribution in [0.2, 0.25) is 6.32 Å². The van der Waals surface area contributed by atoms with Gasteiger partial charge in [0, 0.05) is 6.04 Å². The molecule has 0 amide bonds. The first-order valence-electron chi connectivity index (χ1n) is 9.26. The molecule has 1 fully saturated rings. The Balaban J connectivity index is 1.68. The van der Waals surface area contributed by atoms with Gasteiger partial charge in [-0.2, -0.15) is 0 Å². The van der Waals surface area contributed by atoms with Crippen LogP contribution in [-0.4, -0.2) is 37.0 Å². The van der Waals surface area contributed by atoms with Crippen LogP contribution in [0, 0.1) is 17.6 Å². The molecule has 0 aliphatic heterocycles. The third-order valence-corrected chi connectivity index (χ3v) is 5.37. The van der Waals surface area contributed by atoms with Crippen molar-refractivity contribution in [2.45, 2.75) is 62.8 Å². The lowest BCUT2D eigenvalue weighted by atomic mass is 9.66. The first kappa shape index (κ1) is 20.8. The molecule has 1 aromatic carbocycles. The second-order valence-electron chi connectivity index (χ2n) is 7.26. The minimum absolute atomic E-state index is 0.0264. The molecular weight excluding hydrogens is 337 g/mol. The molecule has 26 heavy (non-hydrogen) atoms. The van der Waals surface area contributed by atoms with Gasteiger partial charge in [-0.3, -0.25) is 4.79 Å². The van der Waals surface area contributed by atoms with Crippen molar-refractivity contribution in [2.24, 2.45) is 11.7 Å². The lowest BCUT2D eigenvalue weighted by Gasteiger charge is -2.45. The van der Waals surface area contributed by atoms with E-state index < -0.39 is 23.1 Å². The zero-order valence-corrected chi connectivity index (χ0v) is 15.0. The van der Waals surface area contributed by atoms with Gasteiger partial charge >= 0.3 is 5.97 Å². The van der Waals surface area contributed by atoms with Crippen LogP contribution in [0.15, 0.2) is 18.2 Å². The highest BCUT2D eigenvalue weighted by atomic mass is 19.2. The van der Waals surface area contributed by atoms with Crippen molar-refractivity contribution >= 4 is 13.8 Å². The average molecular weight is 364 g/mol. The van der Waals surface area contributed by atoms with E-state index in [1.54, 1.807) is 6.07 Å². The highest BCUT2D eigenvalue weighted by Crippen LogP contribution is 2.38. The lowest BCUT2D eigenvalue weighted by Crippen LogP contribution is -2.61. The molecule has 7 heteroatoms. The number of unbranched alkanes of at least 4 members (excludes halogenated alkanes) is 1. The van der Waals surface area contributed by atoms with Crippen molar-refractivity contribution in [1.29, 1.82) is 0 Å². The maximum absolute atomic E-state index is 13.2. The molecule has 1 unspecified atom stereocenters. The Morgan fingerprint density at radius 3 is 2.62 bits per heavy atom. The fourth-order valence-electron chi connectivity index (χ4n) is 3.55. The first-order chi connectivity index (χ1) is 12.4. The molecule has 0 saturated heterocycles. The SMILES string of the molecule is [B]CCCCC(N)(C(=O)O)C1CC(NCCCc2ccc(F)c(F)c2)C1.